The molecule has 2 rings (SSSR count). The van der Waals surface area contributed by atoms with Crippen LogP contribution in [0.3, 0.4) is 0 Å². The fourth-order valence-corrected chi connectivity index (χ4v) is 2.43. The Balaban J connectivity index is 2.01. The Morgan fingerprint density at radius 1 is 1.10 bits per heavy atom. The lowest BCUT2D eigenvalue weighted by atomic mass is 10.0. The zero-order valence-corrected chi connectivity index (χ0v) is 13.1. The second kappa shape index (κ2) is 6.64. The molecular weight excluding hydrogens is 262 g/mol. The summed E-state index contributed by atoms with van der Waals surface area (Å²) < 4.78 is 5.17. The van der Waals surface area contributed by atoms with E-state index in [9.17, 15) is 5.11 Å². The maximum atomic E-state index is 9.80. The van der Waals surface area contributed by atoms with Gasteiger partial charge in [-0.05, 0) is 55.2 Å². The van der Waals surface area contributed by atoms with Gasteiger partial charge in [-0.15, -0.1) is 0 Å². The van der Waals surface area contributed by atoms with Crippen LogP contribution in [0.15, 0.2) is 36.4 Å². The highest BCUT2D eigenvalue weighted by Crippen LogP contribution is 2.23. The van der Waals surface area contributed by atoms with Crippen molar-refractivity contribution >= 4 is 0 Å². The van der Waals surface area contributed by atoms with E-state index in [1.807, 2.05) is 38.1 Å². The van der Waals surface area contributed by atoms with Gasteiger partial charge < -0.3 is 15.2 Å². The van der Waals surface area contributed by atoms with Gasteiger partial charge in [0, 0.05) is 12.6 Å². The van der Waals surface area contributed by atoms with E-state index in [4.69, 9.17) is 4.74 Å². The lowest BCUT2D eigenvalue weighted by molar-refractivity contribution is 0.414. The summed E-state index contributed by atoms with van der Waals surface area (Å²) in [7, 11) is 1.67. The highest BCUT2D eigenvalue weighted by Gasteiger charge is 2.07. The molecule has 2 aromatic rings. The Hall–Kier alpha value is -2.00. The van der Waals surface area contributed by atoms with Crippen LogP contribution in [0.2, 0.25) is 0 Å². The van der Waals surface area contributed by atoms with Gasteiger partial charge in [-0.3, -0.25) is 0 Å². The Labute approximate surface area is 126 Å². The topological polar surface area (TPSA) is 41.5 Å². The van der Waals surface area contributed by atoms with Crippen molar-refractivity contribution in [2.45, 2.75) is 33.4 Å². The Bertz CT molecular complexity index is 582. The van der Waals surface area contributed by atoms with E-state index in [2.05, 4.69) is 24.4 Å². The maximum Gasteiger partial charge on any atom is 0.121 e. The van der Waals surface area contributed by atoms with Crippen LogP contribution in [0.25, 0.3) is 0 Å². The molecule has 112 valence electrons. The number of ether oxygens (including phenoxy) is 1. The summed E-state index contributed by atoms with van der Waals surface area (Å²) in [4.78, 5) is 0. The summed E-state index contributed by atoms with van der Waals surface area (Å²) in [6.45, 7) is 6.77. The number of rotatable bonds is 5. The summed E-state index contributed by atoms with van der Waals surface area (Å²) in [5.41, 5.74) is 4.25. The highest BCUT2D eigenvalue weighted by molar-refractivity contribution is 5.42. The van der Waals surface area contributed by atoms with E-state index in [1.54, 1.807) is 7.11 Å². The van der Waals surface area contributed by atoms with Gasteiger partial charge in [0.15, 0.2) is 0 Å². The van der Waals surface area contributed by atoms with Crippen LogP contribution in [0, 0.1) is 13.8 Å². The van der Waals surface area contributed by atoms with Crippen molar-refractivity contribution in [3.63, 3.8) is 0 Å². The standard InChI is InChI=1S/C18H23NO2/c1-12-9-15(10-13(2)18(12)20)11-19-14(3)16-5-7-17(21-4)8-6-16/h5-10,14,19-20H,11H2,1-4H3/t14-/m1/s1. The third kappa shape index (κ3) is 3.76. The van der Waals surface area contributed by atoms with Gasteiger partial charge in [0.1, 0.15) is 11.5 Å². The van der Waals surface area contributed by atoms with Crippen LogP contribution in [0.5, 0.6) is 11.5 Å². The van der Waals surface area contributed by atoms with E-state index in [0.717, 1.165) is 23.4 Å². The van der Waals surface area contributed by atoms with Crippen LogP contribution in [0.1, 0.15) is 35.2 Å². The molecule has 0 bridgehead atoms. The van der Waals surface area contributed by atoms with Crippen molar-refractivity contribution in [2.75, 3.05) is 7.11 Å². The van der Waals surface area contributed by atoms with E-state index >= 15 is 0 Å². The number of benzene rings is 2. The van der Waals surface area contributed by atoms with Gasteiger partial charge in [0.05, 0.1) is 7.11 Å². The van der Waals surface area contributed by atoms with Crippen molar-refractivity contribution in [3.8, 4) is 11.5 Å². The Kier molecular flexibility index (Phi) is 4.86. The first kappa shape index (κ1) is 15.4. The zero-order valence-electron chi connectivity index (χ0n) is 13.1. The fourth-order valence-electron chi connectivity index (χ4n) is 2.43. The molecule has 0 radical (unpaired) electrons. The molecule has 0 saturated heterocycles. The van der Waals surface area contributed by atoms with E-state index in [0.29, 0.717) is 5.75 Å². The van der Waals surface area contributed by atoms with Crippen LogP contribution < -0.4 is 10.1 Å². The molecule has 3 heteroatoms. The molecule has 2 N–H and O–H groups in total. The molecule has 0 amide bonds. The number of nitrogens with one attached hydrogen (secondary N) is 1. The van der Waals surface area contributed by atoms with Gasteiger partial charge >= 0.3 is 0 Å². The number of phenols is 1. The van der Waals surface area contributed by atoms with Crippen molar-refractivity contribution in [2.24, 2.45) is 0 Å². The number of aromatic hydroxyl groups is 1. The number of methoxy groups -OCH3 is 1. The molecule has 1 atom stereocenters. The average Bonchev–Trinajstić information content (AvgIpc) is 2.50. The van der Waals surface area contributed by atoms with Crippen molar-refractivity contribution < 1.29 is 9.84 Å². The Morgan fingerprint density at radius 3 is 2.19 bits per heavy atom. The molecule has 0 aliphatic heterocycles. The average molecular weight is 285 g/mol. The summed E-state index contributed by atoms with van der Waals surface area (Å²) in [5, 5.41) is 13.3. The minimum Gasteiger partial charge on any atom is -0.507 e. The third-order valence-electron chi connectivity index (χ3n) is 3.78. The predicted octanol–water partition coefficient (Wildman–Crippen LogP) is 3.87. The summed E-state index contributed by atoms with van der Waals surface area (Å²) in [6, 6.07) is 12.4. The SMILES string of the molecule is COc1ccc([C@@H](C)NCc2cc(C)c(O)c(C)c2)cc1. The minimum absolute atomic E-state index is 0.255. The second-order valence-corrected chi connectivity index (χ2v) is 5.45. The number of hydrogen-bond donors (Lipinski definition) is 2. The monoisotopic (exact) mass is 285 g/mol. The van der Waals surface area contributed by atoms with Crippen LogP contribution in [-0.4, -0.2) is 12.2 Å². The van der Waals surface area contributed by atoms with Crippen LogP contribution >= 0.6 is 0 Å². The van der Waals surface area contributed by atoms with Gasteiger partial charge in [-0.25, -0.2) is 0 Å². The van der Waals surface area contributed by atoms with Gasteiger partial charge in [-0.1, -0.05) is 24.3 Å². The number of phenolic OH excluding ortho intramolecular Hbond substituents is 1. The fraction of sp³-hybridized carbons (Fsp3) is 0.333. The van der Waals surface area contributed by atoms with E-state index in [-0.39, 0.29) is 6.04 Å². The largest absolute Gasteiger partial charge is 0.507 e. The molecule has 0 aliphatic rings. The number of hydrogen-bond acceptors (Lipinski definition) is 3. The molecule has 0 aromatic heterocycles. The first-order valence-electron chi connectivity index (χ1n) is 7.17. The normalized spacial score (nSPS) is 12.2. The van der Waals surface area contributed by atoms with E-state index in [1.165, 1.54) is 11.1 Å². The molecule has 3 nitrogen and oxygen atoms in total. The molecule has 0 saturated carbocycles. The molecule has 0 spiro atoms. The zero-order chi connectivity index (χ0) is 15.4. The van der Waals surface area contributed by atoms with Gasteiger partial charge in [0.25, 0.3) is 0 Å². The molecular formula is C18H23NO2. The molecule has 0 fully saturated rings. The molecule has 2 aromatic carbocycles. The first-order valence-corrected chi connectivity index (χ1v) is 7.17. The molecule has 0 heterocycles. The molecule has 21 heavy (non-hydrogen) atoms. The van der Waals surface area contributed by atoms with Crippen LogP contribution in [0.4, 0.5) is 0 Å². The lowest BCUT2D eigenvalue weighted by Gasteiger charge is -2.16. The van der Waals surface area contributed by atoms with Gasteiger partial charge in [-0.2, -0.15) is 0 Å². The molecule has 0 unspecified atom stereocenters. The quantitative estimate of drug-likeness (QED) is 0.876. The van der Waals surface area contributed by atoms with Gasteiger partial charge in [0.2, 0.25) is 0 Å². The summed E-state index contributed by atoms with van der Waals surface area (Å²) in [5.74, 6) is 1.26. The Morgan fingerprint density at radius 2 is 1.67 bits per heavy atom. The second-order valence-electron chi connectivity index (χ2n) is 5.45. The third-order valence-corrected chi connectivity index (χ3v) is 3.78. The maximum absolute atomic E-state index is 9.80. The van der Waals surface area contributed by atoms with Crippen molar-refractivity contribution in [1.82, 2.24) is 5.32 Å². The first-order chi connectivity index (χ1) is 10.0. The minimum atomic E-state index is 0.255. The molecule has 0 aliphatic carbocycles. The number of aryl methyl sites for hydroxylation is 2. The van der Waals surface area contributed by atoms with Crippen molar-refractivity contribution in [1.29, 1.82) is 0 Å². The van der Waals surface area contributed by atoms with Crippen molar-refractivity contribution in [3.05, 3.63) is 58.7 Å². The highest BCUT2D eigenvalue weighted by atomic mass is 16.5. The lowest BCUT2D eigenvalue weighted by Crippen LogP contribution is -2.18. The predicted molar refractivity (Wildman–Crippen MR) is 85.8 cm³/mol. The van der Waals surface area contributed by atoms with E-state index < -0.39 is 0 Å². The van der Waals surface area contributed by atoms with Crippen LogP contribution in [-0.2, 0) is 6.54 Å². The summed E-state index contributed by atoms with van der Waals surface area (Å²) in [6.07, 6.45) is 0. The summed E-state index contributed by atoms with van der Waals surface area (Å²) >= 11 is 0. The smallest absolute Gasteiger partial charge is 0.121 e.